The molecular formula is C17H27Cl2N3O2S. The molecule has 0 aliphatic carbocycles. The molecule has 0 bridgehead atoms. The summed E-state index contributed by atoms with van der Waals surface area (Å²) >= 11 is 6.19. The van der Waals surface area contributed by atoms with Gasteiger partial charge in [-0.15, -0.1) is 12.4 Å². The molecule has 0 amide bonds. The van der Waals surface area contributed by atoms with Gasteiger partial charge in [-0.25, -0.2) is 8.42 Å². The molecule has 2 saturated heterocycles. The molecule has 1 atom stereocenters. The van der Waals surface area contributed by atoms with Crippen LogP contribution in [0.2, 0.25) is 5.02 Å². The van der Waals surface area contributed by atoms with E-state index in [1.165, 1.54) is 12.8 Å². The topological polar surface area (TPSA) is 52.7 Å². The van der Waals surface area contributed by atoms with Gasteiger partial charge in [-0.2, -0.15) is 4.31 Å². The second kappa shape index (κ2) is 9.53. The van der Waals surface area contributed by atoms with E-state index >= 15 is 0 Å². The Morgan fingerprint density at radius 2 is 1.92 bits per heavy atom. The van der Waals surface area contributed by atoms with E-state index in [1.54, 1.807) is 28.6 Å². The highest BCUT2D eigenvalue weighted by Crippen LogP contribution is 2.27. The maximum atomic E-state index is 13.3. The number of rotatable bonds is 6. The van der Waals surface area contributed by atoms with Gasteiger partial charge in [-0.1, -0.05) is 23.7 Å². The van der Waals surface area contributed by atoms with Crippen LogP contribution in [0, 0.1) is 0 Å². The van der Waals surface area contributed by atoms with Crippen molar-refractivity contribution in [3.8, 4) is 0 Å². The van der Waals surface area contributed by atoms with Crippen molar-refractivity contribution >= 4 is 34.0 Å². The Labute approximate surface area is 162 Å². The molecule has 2 fully saturated rings. The number of hydrogen-bond donors (Lipinski definition) is 1. The van der Waals surface area contributed by atoms with Gasteiger partial charge < -0.3 is 10.2 Å². The number of hydrogen-bond acceptors (Lipinski definition) is 4. The summed E-state index contributed by atoms with van der Waals surface area (Å²) in [6.45, 7) is 5.14. The zero-order chi connectivity index (χ0) is 17.0. The summed E-state index contributed by atoms with van der Waals surface area (Å²) in [5, 5.41) is 3.63. The normalized spacial score (nSPS) is 22.1. The van der Waals surface area contributed by atoms with Gasteiger partial charge in [0.1, 0.15) is 4.90 Å². The number of nitrogens with one attached hydrogen (secondary N) is 1. The molecule has 5 nitrogen and oxygen atoms in total. The van der Waals surface area contributed by atoms with Crippen molar-refractivity contribution in [3.05, 3.63) is 29.3 Å². The molecule has 25 heavy (non-hydrogen) atoms. The first-order valence-corrected chi connectivity index (χ1v) is 10.6. The van der Waals surface area contributed by atoms with E-state index in [0.29, 0.717) is 18.1 Å². The summed E-state index contributed by atoms with van der Waals surface area (Å²) in [6, 6.07) is 6.75. The number of nitrogens with zero attached hydrogens (tertiary/aromatic N) is 2. The highest BCUT2D eigenvalue weighted by molar-refractivity contribution is 7.89. The molecule has 8 heteroatoms. The molecule has 2 aliphatic heterocycles. The van der Waals surface area contributed by atoms with Gasteiger partial charge in [0, 0.05) is 25.7 Å². The second-order valence-electron chi connectivity index (χ2n) is 6.60. The summed E-state index contributed by atoms with van der Waals surface area (Å²) in [6.07, 6.45) is 4.32. The first-order chi connectivity index (χ1) is 11.6. The fraction of sp³-hybridized carbons (Fsp3) is 0.647. The molecule has 3 rings (SSSR count). The number of sulfonamides is 1. The van der Waals surface area contributed by atoms with Crippen LogP contribution in [0.15, 0.2) is 29.2 Å². The van der Waals surface area contributed by atoms with E-state index in [4.69, 9.17) is 11.6 Å². The third kappa shape index (κ3) is 5.08. The zero-order valence-electron chi connectivity index (χ0n) is 14.4. The van der Waals surface area contributed by atoms with E-state index in [1.807, 2.05) is 0 Å². The molecule has 0 spiro atoms. The fourth-order valence-corrected chi connectivity index (χ4v) is 5.75. The number of halogens is 2. The summed E-state index contributed by atoms with van der Waals surface area (Å²) < 4.78 is 28.2. The number of likely N-dealkylation sites (tertiary alicyclic amines) is 1. The highest BCUT2D eigenvalue weighted by atomic mass is 35.5. The molecule has 2 heterocycles. The predicted octanol–water partition coefficient (Wildman–Crippen LogP) is 2.60. The molecule has 0 aromatic heterocycles. The van der Waals surface area contributed by atoms with Crippen LogP contribution in [0.25, 0.3) is 0 Å². The van der Waals surface area contributed by atoms with Crippen LogP contribution in [0.4, 0.5) is 0 Å². The van der Waals surface area contributed by atoms with Gasteiger partial charge in [0.15, 0.2) is 0 Å². The molecule has 1 aromatic carbocycles. The van der Waals surface area contributed by atoms with Crippen molar-refractivity contribution in [2.75, 3.05) is 39.3 Å². The first-order valence-electron chi connectivity index (χ1n) is 8.78. The maximum Gasteiger partial charge on any atom is 0.244 e. The molecule has 0 saturated carbocycles. The van der Waals surface area contributed by atoms with Gasteiger partial charge in [0.25, 0.3) is 0 Å². The zero-order valence-corrected chi connectivity index (χ0v) is 16.8. The Hall–Kier alpha value is -0.370. The quantitative estimate of drug-likeness (QED) is 0.786. The fourth-order valence-electron chi connectivity index (χ4n) is 3.60. The highest BCUT2D eigenvalue weighted by Gasteiger charge is 2.33. The summed E-state index contributed by atoms with van der Waals surface area (Å²) in [7, 11) is -3.59. The second-order valence-corrected chi connectivity index (χ2v) is 8.86. The smallest absolute Gasteiger partial charge is 0.244 e. The Morgan fingerprint density at radius 3 is 2.56 bits per heavy atom. The third-order valence-electron chi connectivity index (χ3n) is 4.94. The van der Waals surface area contributed by atoms with Gasteiger partial charge in [0.05, 0.1) is 5.02 Å². The molecule has 1 aromatic rings. The molecule has 2 aliphatic rings. The average molecular weight is 408 g/mol. The van der Waals surface area contributed by atoms with Crippen LogP contribution in [-0.4, -0.2) is 62.9 Å². The largest absolute Gasteiger partial charge is 0.315 e. The summed E-state index contributed by atoms with van der Waals surface area (Å²) in [5.41, 5.74) is 0. The van der Waals surface area contributed by atoms with Gasteiger partial charge in [-0.3, -0.25) is 0 Å². The van der Waals surface area contributed by atoms with E-state index < -0.39 is 10.0 Å². The maximum absolute atomic E-state index is 13.3. The average Bonchev–Trinajstić information content (AvgIpc) is 3.09. The number of piperidine rings is 1. The predicted molar refractivity (Wildman–Crippen MR) is 104 cm³/mol. The van der Waals surface area contributed by atoms with E-state index in [2.05, 4.69) is 10.2 Å². The molecule has 0 radical (unpaired) electrons. The van der Waals surface area contributed by atoms with Crippen LogP contribution in [-0.2, 0) is 10.0 Å². The lowest BCUT2D eigenvalue weighted by atomic mass is 10.1. The minimum Gasteiger partial charge on any atom is -0.315 e. The van der Waals surface area contributed by atoms with Crippen molar-refractivity contribution in [1.29, 1.82) is 0 Å². The van der Waals surface area contributed by atoms with Crippen molar-refractivity contribution in [2.45, 2.75) is 36.6 Å². The third-order valence-corrected chi connectivity index (χ3v) is 7.39. The summed E-state index contributed by atoms with van der Waals surface area (Å²) in [5.74, 6) is 0. The first kappa shape index (κ1) is 20.9. The molecular weight excluding hydrogens is 381 g/mol. The Morgan fingerprint density at radius 1 is 1.20 bits per heavy atom. The van der Waals surface area contributed by atoms with Crippen LogP contribution < -0.4 is 5.32 Å². The van der Waals surface area contributed by atoms with Gasteiger partial charge in [0.2, 0.25) is 10.0 Å². The Bertz CT molecular complexity index is 645. The Kier molecular flexibility index (Phi) is 7.98. The van der Waals surface area contributed by atoms with Crippen molar-refractivity contribution < 1.29 is 8.42 Å². The summed E-state index contributed by atoms with van der Waals surface area (Å²) in [4.78, 5) is 2.57. The standard InChI is InChI=1S/C17H26ClN3O2S.ClH/c18-16-7-1-2-8-17(16)24(22,23)21(15-6-5-9-19-14-15)13-12-20-10-3-4-11-20;/h1-2,7-8,15,19H,3-6,9-14H2;1H. The van der Waals surface area contributed by atoms with Gasteiger partial charge >= 0.3 is 0 Å². The van der Waals surface area contributed by atoms with Gasteiger partial charge in [-0.05, 0) is 57.5 Å². The van der Waals surface area contributed by atoms with Crippen LogP contribution in [0.3, 0.4) is 0 Å². The van der Waals surface area contributed by atoms with E-state index in [-0.39, 0.29) is 23.3 Å². The SMILES string of the molecule is Cl.O=S(=O)(c1ccccc1Cl)N(CCN1CCCC1)C1CCCNC1. The van der Waals surface area contributed by atoms with Crippen molar-refractivity contribution in [1.82, 2.24) is 14.5 Å². The minimum absolute atomic E-state index is 0. The van der Waals surface area contributed by atoms with Crippen molar-refractivity contribution in [2.24, 2.45) is 0 Å². The molecule has 1 unspecified atom stereocenters. The monoisotopic (exact) mass is 407 g/mol. The molecule has 142 valence electrons. The minimum atomic E-state index is -3.59. The lowest BCUT2D eigenvalue weighted by Gasteiger charge is -2.35. The van der Waals surface area contributed by atoms with Crippen LogP contribution in [0.1, 0.15) is 25.7 Å². The van der Waals surface area contributed by atoms with Crippen LogP contribution in [0.5, 0.6) is 0 Å². The molecule has 1 N–H and O–H groups in total. The Balaban J connectivity index is 0.00000225. The van der Waals surface area contributed by atoms with E-state index in [0.717, 1.165) is 39.0 Å². The lowest BCUT2D eigenvalue weighted by molar-refractivity contribution is 0.231. The van der Waals surface area contributed by atoms with E-state index in [9.17, 15) is 8.42 Å². The van der Waals surface area contributed by atoms with Crippen LogP contribution >= 0.6 is 24.0 Å². The number of benzene rings is 1. The lowest BCUT2D eigenvalue weighted by Crippen LogP contribution is -2.50. The van der Waals surface area contributed by atoms with Crippen molar-refractivity contribution in [3.63, 3.8) is 0 Å².